The molecule has 0 unspecified atom stereocenters. The van der Waals surface area contributed by atoms with E-state index in [1.807, 2.05) is 25.1 Å². The quantitative estimate of drug-likeness (QED) is 0.551. The SMILES string of the molecule is C[C@@H](NC(=O)[C@H]1CN(S(=O)(=O)Cc2ccccc2)c2ccccc2O1)c1ccc2c(c1)CCCC2. The molecule has 2 aliphatic rings. The van der Waals surface area contributed by atoms with Crippen LogP contribution >= 0.6 is 0 Å². The second kappa shape index (κ2) is 9.74. The van der Waals surface area contributed by atoms with Crippen molar-refractivity contribution in [3.63, 3.8) is 0 Å². The number of aryl methyl sites for hydroxylation is 2. The molecule has 0 fully saturated rings. The lowest BCUT2D eigenvalue weighted by molar-refractivity contribution is -0.128. The predicted molar refractivity (Wildman–Crippen MR) is 137 cm³/mol. The highest BCUT2D eigenvalue weighted by Crippen LogP contribution is 2.36. The molecule has 0 radical (unpaired) electrons. The zero-order valence-corrected chi connectivity index (χ0v) is 20.6. The molecular formula is C28H30N2O4S. The van der Waals surface area contributed by atoms with Gasteiger partial charge in [-0.15, -0.1) is 0 Å². The number of para-hydroxylation sites is 2. The zero-order chi connectivity index (χ0) is 24.4. The van der Waals surface area contributed by atoms with E-state index in [0.29, 0.717) is 17.0 Å². The van der Waals surface area contributed by atoms with Gasteiger partial charge in [-0.05, 0) is 67.0 Å². The molecule has 0 saturated heterocycles. The fourth-order valence-corrected chi connectivity index (χ4v) is 6.46. The van der Waals surface area contributed by atoms with Crippen molar-refractivity contribution in [2.45, 2.75) is 50.5 Å². The van der Waals surface area contributed by atoms with Gasteiger partial charge < -0.3 is 10.1 Å². The molecule has 7 heteroatoms. The van der Waals surface area contributed by atoms with Crippen molar-refractivity contribution in [3.05, 3.63) is 95.1 Å². The Kier molecular flexibility index (Phi) is 6.52. The third-order valence-electron chi connectivity index (χ3n) is 6.79. The van der Waals surface area contributed by atoms with Crippen LogP contribution in [0.1, 0.15) is 48.1 Å². The van der Waals surface area contributed by atoms with Gasteiger partial charge >= 0.3 is 0 Å². The molecule has 6 nitrogen and oxygen atoms in total. The number of rotatable bonds is 6. The van der Waals surface area contributed by atoms with Gasteiger partial charge in [-0.1, -0.05) is 60.7 Å². The Morgan fingerprint density at radius 2 is 1.71 bits per heavy atom. The zero-order valence-electron chi connectivity index (χ0n) is 19.8. The Bertz CT molecular complexity index is 1320. The second-order valence-corrected chi connectivity index (χ2v) is 11.2. The van der Waals surface area contributed by atoms with Crippen molar-refractivity contribution in [3.8, 4) is 5.75 Å². The Hall–Kier alpha value is -3.32. The van der Waals surface area contributed by atoms with E-state index < -0.39 is 16.1 Å². The highest BCUT2D eigenvalue weighted by molar-refractivity contribution is 7.92. The van der Waals surface area contributed by atoms with E-state index in [9.17, 15) is 13.2 Å². The highest BCUT2D eigenvalue weighted by atomic mass is 32.2. The Morgan fingerprint density at radius 1 is 1.00 bits per heavy atom. The summed E-state index contributed by atoms with van der Waals surface area (Å²) < 4.78 is 34.1. The lowest BCUT2D eigenvalue weighted by Gasteiger charge is -2.35. The molecule has 0 saturated carbocycles. The van der Waals surface area contributed by atoms with Gasteiger partial charge in [0.25, 0.3) is 5.91 Å². The van der Waals surface area contributed by atoms with E-state index in [2.05, 4.69) is 23.5 Å². The summed E-state index contributed by atoms with van der Waals surface area (Å²) in [6, 6.07) is 22.2. The molecule has 1 N–H and O–H groups in total. The molecule has 0 aromatic heterocycles. The summed E-state index contributed by atoms with van der Waals surface area (Å²) in [7, 11) is -3.73. The smallest absolute Gasteiger partial charge is 0.263 e. The number of ether oxygens (including phenoxy) is 1. The summed E-state index contributed by atoms with van der Waals surface area (Å²) in [5.74, 6) is -0.0937. The topological polar surface area (TPSA) is 75.7 Å². The molecule has 1 amide bonds. The number of nitrogens with one attached hydrogen (secondary N) is 1. The molecule has 0 bridgehead atoms. The van der Waals surface area contributed by atoms with Crippen molar-refractivity contribution in [2.75, 3.05) is 10.8 Å². The molecule has 1 aliphatic carbocycles. The molecule has 35 heavy (non-hydrogen) atoms. The van der Waals surface area contributed by atoms with E-state index in [4.69, 9.17) is 4.74 Å². The van der Waals surface area contributed by atoms with Crippen LogP contribution in [-0.4, -0.2) is 27.0 Å². The maximum atomic E-state index is 13.4. The van der Waals surface area contributed by atoms with Crippen LogP contribution in [0.15, 0.2) is 72.8 Å². The Labute approximate surface area is 207 Å². The van der Waals surface area contributed by atoms with Gasteiger partial charge in [-0.3, -0.25) is 9.10 Å². The van der Waals surface area contributed by atoms with Gasteiger partial charge in [-0.25, -0.2) is 8.42 Å². The number of nitrogens with zero attached hydrogens (tertiary/aromatic N) is 1. The number of hydrogen-bond acceptors (Lipinski definition) is 4. The molecule has 182 valence electrons. The average Bonchev–Trinajstić information content (AvgIpc) is 2.88. The fourth-order valence-electron chi connectivity index (χ4n) is 4.88. The number of anilines is 1. The summed E-state index contributed by atoms with van der Waals surface area (Å²) in [6.45, 7) is 1.87. The van der Waals surface area contributed by atoms with Crippen LogP contribution in [0.3, 0.4) is 0 Å². The van der Waals surface area contributed by atoms with Crippen LogP contribution in [0, 0.1) is 0 Å². The Morgan fingerprint density at radius 3 is 2.51 bits per heavy atom. The van der Waals surface area contributed by atoms with Gasteiger partial charge in [-0.2, -0.15) is 0 Å². The third-order valence-corrected chi connectivity index (χ3v) is 8.50. The number of carbonyl (C=O) groups excluding carboxylic acids is 1. The normalized spacial score (nSPS) is 18.1. The first-order chi connectivity index (χ1) is 16.9. The average molecular weight is 491 g/mol. The molecule has 0 spiro atoms. The standard InChI is InChI=1S/C28H30N2O4S/c1-20(23-16-15-22-11-5-6-12-24(22)17-23)29-28(31)27-18-30(25-13-7-8-14-26(25)34-27)35(32,33)19-21-9-3-2-4-10-21/h2-4,7-10,13-17,20,27H,5-6,11-12,18-19H2,1H3,(H,29,31)/t20-,27-/m1/s1. The first kappa shape index (κ1) is 23.4. The minimum Gasteiger partial charge on any atom is -0.476 e. The van der Waals surface area contributed by atoms with Crippen molar-refractivity contribution in [2.24, 2.45) is 0 Å². The van der Waals surface area contributed by atoms with Crippen molar-refractivity contribution in [1.82, 2.24) is 5.32 Å². The molecule has 3 aromatic rings. The monoisotopic (exact) mass is 490 g/mol. The number of hydrogen-bond donors (Lipinski definition) is 1. The largest absolute Gasteiger partial charge is 0.476 e. The molecule has 3 aromatic carbocycles. The first-order valence-electron chi connectivity index (χ1n) is 12.1. The van der Waals surface area contributed by atoms with E-state index in [1.54, 1.807) is 36.4 Å². The summed E-state index contributed by atoms with van der Waals surface area (Å²) in [5.41, 5.74) is 4.94. The summed E-state index contributed by atoms with van der Waals surface area (Å²) >= 11 is 0. The Balaban J connectivity index is 1.35. The second-order valence-electron chi connectivity index (χ2n) is 9.31. The van der Waals surface area contributed by atoms with Crippen LogP contribution in [0.25, 0.3) is 0 Å². The summed E-state index contributed by atoms with van der Waals surface area (Å²) in [4.78, 5) is 13.3. The van der Waals surface area contributed by atoms with Gasteiger partial charge in [0, 0.05) is 0 Å². The third kappa shape index (κ3) is 5.05. The lowest BCUT2D eigenvalue weighted by Crippen LogP contribution is -2.51. The predicted octanol–water partition coefficient (Wildman–Crippen LogP) is 4.54. The number of sulfonamides is 1. The summed E-state index contributed by atoms with van der Waals surface area (Å²) in [6.07, 6.45) is 3.65. The number of fused-ring (bicyclic) bond motifs is 2. The molecule has 1 aliphatic heterocycles. The van der Waals surface area contributed by atoms with E-state index in [1.165, 1.54) is 28.3 Å². The van der Waals surface area contributed by atoms with Gasteiger partial charge in [0.05, 0.1) is 24.0 Å². The van der Waals surface area contributed by atoms with Gasteiger partial charge in [0.1, 0.15) is 5.75 Å². The molecule has 5 rings (SSSR count). The minimum absolute atomic E-state index is 0.0745. The lowest BCUT2D eigenvalue weighted by atomic mass is 9.89. The molecule has 1 heterocycles. The number of amides is 1. The van der Waals surface area contributed by atoms with Crippen LogP contribution in [0.2, 0.25) is 0 Å². The van der Waals surface area contributed by atoms with Gasteiger partial charge in [0.2, 0.25) is 10.0 Å². The van der Waals surface area contributed by atoms with Crippen molar-refractivity contribution < 1.29 is 17.9 Å². The van der Waals surface area contributed by atoms with Crippen LogP contribution in [0.5, 0.6) is 5.75 Å². The van der Waals surface area contributed by atoms with E-state index >= 15 is 0 Å². The van der Waals surface area contributed by atoms with Crippen LogP contribution < -0.4 is 14.4 Å². The maximum Gasteiger partial charge on any atom is 0.263 e. The highest BCUT2D eigenvalue weighted by Gasteiger charge is 2.37. The van der Waals surface area contributed by atoms with Crippen LogP contribution in [-0.2, 0) is 33.4 Å². The number of benzene rings is 3. The summed E-state index contributed by atoms with van der Waals surface area (Å²) in [5, 5.41) is 3.04. The minimum atomic E-state index is -3.73. The van der Waals surface area contributed by atoms with Crippen molar-refractivity contribution >= 4 is 21.6 Å². The van der Waals surface area contributed by atoms with E-state index in [0.717, 1.165) is 18.4 Å². The molecular weight excluding hydrogens is 460 g/mol. The van der Waals surface area contributed by atoms with Gasteiger partial charge in [0.15, 0.2) is 6.10 Å². The fraction of sp³-hybridized carbons (Fsp3) is 0.321. The maximum absolute atomic E-state index is 13.4. The number of carbonyl (C=O) groups is 1. The first-order valence-corrected chi connectivity index (χ1v) is 13.7. The molecule has 2 atom stereocenters. The van der Waals surface area contributed by atoms with Crippen LogP contribution in [0.4, 0.5) is 5.69 Å². The van der Waals surface area contributed by atoms with Crippen molar-refractivity contribution in [1.29, 1.82) is 0 Å². The van der Waals surface area contributed by atoms with E-state index in [-0.39, 0.29) is 24.2 Å².